The normalized spacial score (nSPS) is 11.8. The first-order valence-corrected chi connectivity index (χ1v) is 7.00. The van der Waals surface area contributed by atoms with Crippen LogP contribution in [0, 0.1) is 4.84 Å². The van der Waals surface area contributed by atoms with Crippen molar-refractivity contribution in [1.29, 1.82) is 0 Å². The maximum Gasteiger partial charge on any atom is 0.416 e. The maximum absolute atomic E-state index is 12.7. The third kappa shape index (κ3) is 2.79. The summed E-state index contributed by atoms with van der Waals surface area (Å²) in [5.74, 6) is -0.511. The standard InChI is InChI=1S/C16H10F3NO2S/c1-20-12-6-5-10(8-13(12)22-15(20)23)14(21)9-3-2-4-11(7-9)16(17,18)19/h2-8H,1H3. The highest BCUT2D eigenvalue weighted by Gasteiger charge is 2.31. The summed E-state index contributed by atoms with van der Waals surface area (Å²) in [6.07, 6.45) is -4.49. The third-order valence-electron chi connectivity index (χ3n) is 3.51. The summed E-state index contributed by atoms with van der Waals surface area (Å²) in [7, 11) is 1.72. The van der Waals surface area contributed by atoms with E-state index in [0.29, 0.717) is 11.1 Å². The van der Waals surface area contributed by atoms with Gasteiger partial charge in [0, 0.05) is 18.2 Å². The Bertz CT molecular complexity index is 969. The second-order valence-corrected chi connectivity index (χ2v) is 5.37. The summed E-state index contributed by atoms with van der Waals surface area (Å²) >= 11 is 5.00. The molecule has 0 saturated heterocycles. The minimum Gasteiger partial charge on any atom is -0.429 e. The van der Waals surface area contributed by atoms with Gasteiger partial charge in [0.2, 0.25) is 0 Å². The van der Waals surface area contributed by atoms with Crippen molar-refractivity contribution in [2.45, 2.75) is 6.18 Å². The molecule has 0 amide bonds. The first-order valence-electron chi connectivity index (χ1n) is 6.59. The number of ketones is 1. The molecule has 3 aromatic rings. The van der Waals surface area contributed by atoms with Crippen molar-refractivity contribution >= 4 is 29.1 Å². The minimum absolute atomic E-state index is 0.0336. The van der Waals surface area contributed by atoms with Gasteiger partial charge in [0.1, 0.15) is 0 Å². The molecular formula is C16H10F3NO2S. The Labute approximate surface area is 134 Å². The highest BCUT2D eigenvalue weighted by molar-refractivity contribution is 7.71. The number of aromatic nitrogens is 1. The molecule has 7 heteroatoms. The van der Waals surface area contributed by atoms with E-state index in [9.17, 15) is 18.0 Å². The van der Waals surface area contributed by atoms with E-state index in [1.807, 2.05) is 0 Å². The van der Waals surface area contributed by atoms with Crippen LogP contribution in [0.1, 0.15) is 21.5 Å². The fourth-order valence-corrected chi connectivity index (χ4v) is 2.47. The van der Waals surface area contributed by atoms with Crippen LogP contribution in [0.5, 0.6) is 0 Å². The highest BCUT2D eigenvalue weighted by Crippen LogP contribution is 2.30. The lowest BCUT2D eigenvalue weighted by molar-refractivity contribution is -0.137. The number of benzene rings is 2. The van der Waals surface area contributed by atoms with Crippen molar-refractivity contribution in [1.82, 2.24) is 4.57 Å². The van der Waals surface area contributed by atoms with E-state index in [0.717, 1.165) is 12.1 Å². The van der Waals surface area contributed by atoms with Crippen LogP contribution in [0.3, 0.4) is 0 Å². The molecule has 0 aliphatic carbocycles. The Balaban J connectivity index is 2.05. The molecule has 118 valence electrons. The van der Waals surface area contributed by atoms with Gasteiger partial charge in [-0.3, -0.25) is 4.79 Å². The van der Waals surface area contributed by atoms with Crippen molar-refractivity contribution in [3.63, 3.8) is 0 Å². The van der Waals surface area contributed by atoms with Crippen LogP contribution >= 0.6 is 12.2 Å². The number of rotatable bonds is 2. The second-order valence-electron chi connectivity index (χ2n) is 5.02. The van der Waals surface area contributed by atoms with E-state index in [-0.39, 0.29) is 16.0 Å². The van der Waals surface area contributed by atoms with Gasteiger partial charge in [0.15, 0.2) is 11.4 Å². The number of nitrogens with zero attached hydrogens (tertiary/aromatic N) is 1. The minimum atomic E-state index is -4.49. The van der Waals surface area contributed by atoms with E-state index in [1.54, 1.807) is 17.7 Å². The number of alkyl halides is 3. The number of hydrogen-bond donors (Lipinski definition) is 0. The van der Waals surface area contributed by atoms with E-state index in [4.69, 9.17) is 16.6 Å². The zero-order valence-corrected chi connectivity index (χ0v) is 12.7. The molecule has 2 aromatic carbocycles. The predicted octanol–water partition coefficient (Wildman–Crippen LogP) is 4.75. The molecule has 0 fully saturated rings. The quantitative estimate of drug-likeness (QED) is 0.500. The van der Waals surface area contributed by atoms with Crippen LogP contribution in [0.2, 0.25) is 0 Å². The average molecular weight is 337 g/mol. The lowest BCUT2D eigenvalue weighted by Gasteiger charge is -2.08. The van der Waals surface area contributed by atoms with Gasteiger partial charge in [-0.2, -0.15) is 13.2 Å². The number of carbonyl (C=O) groups is 1. The number of aryl methyl sites for hydroxylation is 1. The number of fused-ring (bicyclic) bond motifs is 1. The molecule has 0 N–H and O–H groups in total. The highest BCUT2D eigenvalue weighted by atomic mass is 32.1. The molecule has 0 radical (unpaired) electrons. The predicted molar refractivity (Wildman–Crippen MR) is 80.9 cm³/mol. The molecular weight excluding hydrogens is 327 g/mol. The van der Waals surface area contributed by atoms with Gasteiger partial charge >= 0.3 is 6.18 Å². The van der Waals surface area contributed by atoms with E-state index in [2.05, 4.69) is 0 Å². The molecule has 3 nitrogen and oxygen atoms in total. The molecule has 1 heterocycles. The number of oxazole rings is 1. The Morgan fingerprint density at radius 1 is 1.13 bits per heavy atom. The first kappa shape index (κ1) is 15.5. The largest absolute Gasteiger partial charge is 0.429 e. The third-order valence-corrected chi connectivity index (χ3v) is 3.86. The summed E-state index contributed by atoms with van der Waals surface area (Å²) in [5.41, 5.74) is 0.461. The summed E-state index contributed by atoms with van der Waals surface area (Å²) < 4.78 is 45.2. The smallest absolute Gasteiger partial charge is 0.416 e. The monoisotopic (exact) mass is 337 g/mol. The Kier molecular flexibility index (Phi) is 3.60. The summed E-state index contributed by atoms with van der Waals surface area (Å²) in [6.45, 7) is 0. The molecule has 1 aromatic heterocycles. The van der Waals surface area contributed by atoms with Crippen LogP contribution in [0.4, 0.5) is 13.2 Å². The summed E-state index contributed by atoms with van der Waals surface area (Å²) in [5, 5.41) is 0. The number of carbonyl (C=O) groups excluding carboxylic acids is 1. The van der Waals surface area contributed by atoms with E-state index in [1.165, 1.54) is 24.3 Å². The molecule has 0 spiro atoms. The zero-order valence-electron chi connectivity index (χ0n) is 11.8. The molecule has 0 unspecified atom stereocenters. The Hall–Kier alpha value is -2.41. The maximum atomic E-state index is 12.7. The summed E-state index contributed by atoms with van der Waals surface area (Å²) in [4.78, 5) is 12.7. The lowest BCUT2D eigenvalue weighted by atomic mass is 10.0. The van der Waals surface area contributed by atoms with Gasteiger partial charge < -0.3 is 8.98 Å². The first-order chi connectivity index (χ1) is 10.8. The van der Waals surface area contributed by atoms with E-state index < -0.39 is 17.5 Å². The van der Waals surface area contributed by atoms with E-state index >= 15 is 0 Å². The topological polar surface area (TPSA) is 35.1 Å². The SMILES string of the molecule is Cn1c(=S)oc2cc(C(=O)c3cccc(C(F)(F)F)c3)ccc21. The van der Waals surface area contributed by atoms with Gasteiger partial charge in [-0.05, 0) is 42.5 Å². The number of halogens is 3. The Morgan fingerprint density at radius 2 is 1.83 bits per heavy atom. The average Bonchev–Trinajstić information content (AvgIpc) is 2.80. The molecule has 0 bridgehead atoms. The van der Waals surface area contributed by atoms with Gasteiger partial charge in [0.05, 0.1) is 11.1 Å². The Morgan fingerprint density at radius 3 is 2.52 bits per heavy atom. The summed E-state index contributed by atoms with van der Waals surface area (Å²) in [6, 6.07) is 8.99. The van der Waals surface area contributed by atoms with Gasteiger partial charge in [-0.1, -0.05) is 12.1 Å². The number of hydrogen-bond acceptors (Lipinski definition) is 3. The van der Waals surface area contributed by atoms with Crippen LogP contribution in [-0.2, 0) is 13.2 Å². The molecule has 0 atom stereocenters. The van der Waals surface area contributed by atoms with Crippen molar-refractivity contribution in [3.8, 4) is 0 Å². The molecule has 0 aliphatic rings. The molecule has 3 rings (SSSR count). The van der Waals surface area contributed by atoms with Crippen LogP contribution < -0.4 is 0 Å². The molecule has 0 saturated carbocycles. The van der Waals surface area contributed by atoms with Crippen LogP contribution in [-0.4, -0.2) is 10.4 Å². The zero-order chi connectivity index (χ0) is 16.8. The molecule has 0 aliphatic heterocycles. The molecule has 23 heavy (non-hydrogen) atoms. The second kappa shape index (κ2) is 5.34. The van der Waals surface area contributed by atoms with Gasteiger partial charge in [0.25, 0.3) is 4.84 Å². The van der Waals surface area contributed by atoms with Gasteiger partial charge in [-0.15, -0.1) is 0 Å². The van der Waals surface area contributed by atoms with Crippen molar-refractivity contribution in [3.05, 3.63) is 64.0 Å². The van der Waals surface area contributed by atoms with Crippen molar-refractivity contribution in [2.24, 2.45) is 7.05 Å². The van der Waals surface area contributed by atoms with Crippen LogP contribution in [0.15, 0.2) is 46.9 Å². The van der Waals surface area contributed by atoms with Gasteiger partial charge in [-0.25, -0.2) is 0 Å². The lowest BCUT2D eigenvalue weighted by Crippen LogP contribution is -2.08. The van der Waals surface area contributed by atoms with Crippen molar-refractivity contribution < 1.29 is 22.4 Å². The fourth-order valence-electron chi connectivity index (χ4n) is 2.28. The fraction of sp³-hybridized carbons (Fsp3) is 0.125. The van der Waals surface area contributed by atoms with Crippen molar-refractivity contribution in [2.75, 3.05) is 0 Å². The van der Waals surface area contributed by atoms with Crippen LogP contribution in [0.25, 0.3) is 11.1 Å².